The minimum atomic E-state index is -3.19. The van der Waals surface area contributed by atoms with Crippen LogP contribution in [0.5, 0.6) is 0 Å². The van der Waals surface area contributed by atoms with Gasteiger partial charge in [-0.3, -0.25) is 0 Å². The van der Waals surface area contributed by atoms with Gasteiger partial charge in [0.25, 0.3) is 0 Å². The summed E-state index contributed by atoms with van der Waals surface area (Å²) in [6.45, 7) is 4.88. The molecule has 2 N–H and O–H groups in total. The van der Waals surface area contributed by atoms with Gasteiger partial charge in [-0.1, -0.05) is 13.3 Å². The maximum Gasteiger partial charge on any atom is 0.211 e. The number of nitrogens with one attached hydrogen (secondary N) is 2. The van der Waals surface area contributed by atoms with E-state index in [0.29, 0.717) is 17.9 Å². The molecule has 0 aliphatic carbocycles. The Morgan fingerprint density at radius 1 is 1.18 bits per heavy atom. The Labute approximate surface area is 130 Å². The fourth-order valence-corrected chi connectivity index (χ4v) is 2.51. The summed E-state index contributed by atoms with van der Waals surface area (Å²) >= 11 is 0. The highest BCUT2D eigenvalue weighted by molar-refractivity contribution is 7.89. The second-order valence-corrected chi connectivity index (χ2v) is 7.03. The van der Waals surface area contributed by atoms with Crippen LogP contribution in [-0.4, -0.2) is 47.1 Å². The third kappa shape index (κ3) is 4.38. The van der Waals surface area contributed by atoms with Crippen molar-refractivity contribution in [1.82, 2.24) is 24.5 Å². The quantitative estimate of drug-likeness (QED) is 0.662. The maximum absolute atomic E-state index is 11.4. The molecule has 0 bridgehead atoms. The van der Waals surface area contributed by atoms with E-state index in [1.807, 2.05) is 12.1 Å². The Hall–Kier alpha value is -1.74. The summed E-state index contributed by atoms with van der Waals surface area (Å²) in [6, 6.07) is 3.71. The van der Waals surface area contributed by atoms with Crippen molar-refractivity contribution in [2.45, 2.75) is 33.1 Å². The highest BCUT2D eigenvalue weighted by Gasteiger charge is 2.10. The maximum atomic E-state index is 11.4. The van der Waals surface area contributed by atoms with Crippen molar-refractivity contribution in [2.75, 3.05) is 24.2 Å². The summed E-state index contributed by atoms with van der Waals surface area (Å²) < 4.78 is 27.0. The normalized spacial score (nSPS) is 11.9. The molecule has 22 heavy (non-hydrogen) atoms. The number of nitrogens with zero attached hydrogens (tertiary/aromatic N) is 4. The molecule has 0 radical (unpaired) electrons. The summed E-state index contributed by atoms with van der Waals surface area (Å²) in [5, 5.41) is 15.8. The molecule has 2 heterocycles. The second kappa shape index (κ2) is 7.50. The van der Waals surface area contributed by atoms with Crippen LogP contribution in [0.15, 0.2) is 12.1 Å². The Morgan fingerprint density at radius 3 is 2.73 bits per heavy atom. The molecule has 0 aromatic carbocycles. The molecule has 0 spiro atoms. The van der Waals surface area contributed by atoms with Gasteiger partial charge in [0.15, 0.2) is 11.5 Å². The number of aromatic nitrogens is 4. The summed E-state index contributed by atoms with van der Waals surface area (Å²) in [5.74, 6) is 1.46. The Bertz CT molecular complexity index is 712. The number of hydrogen-bond donors (Lipinski definition) is 2. The third-order valence-electron chi connectivity index (χ3n) is 3.21. The first kappa shape index (κ1) is 16.6. The van der Waals surface area contributed by atoms with Crippen LogP contribution in [0.25, 0.3) is 5.65 Å². The Kier molecular flexibility index (Phi) is 5.67. The zero-order valence-electron chi connectivity index (χ0n) is 12.9. The molecule has 0 aliphatic rings. The molecule has 0 unspecified atom stereocenters. The average molecular weight is 326 g/mol. The largest absolute Gasteiger partial charge is 0.369 e. The van der Waals surface area contributed by atoms with Crippen LogP contribution >= 0.6 is 0 Å². The molecular weight excluding hydrogens is 304 g/mol. The van der Waals surface area contributed by atoms with Crippen LogP contribution < -0.4 is 10.0 Å². The van der Waals surface area contributed by atoms with Crippen LogP contribution in [0.4, 0.5) is 5.82 Å². The van der Waals surface area contributed by atoms with Gasteiger partial charge >= 0.3 is 0 Å². The molecular formula is C13H22N6O2S. The molecule has 0 aliphatic heterocycles. The number of rotatable bonds is 9. The van der Waals surface area contributed by atoms with Gasteiger partial charge in [-0.05, 0) is 25.5 Å². The summed E-state index contributed by atoms with van der Waals surface area (Å²) in [7, 11) is -3.19. The van der Waals surface area contributed by atoms with E-state index in [-0.39, 0.29) is 12.3 Å². The molecule has 0 saturated carbocycles. The monoisotopic (exact) mass is 326 g/mol. The van der Waals surface area contributed by atoms with Crippen molar-refractivity contribution in [1.29, 1.82) is 0 Å². The van der Waals surface area contributed by atoms with E-state index >= 15 is 0 Å². The first-order chi connectivity index (χ1) is 10.6. The van der Waals surface area contributed by atoms with Crippen LogP contribution in [0.2, 0.25) is 0 Å². The van der Waals surface area contributed by atoms with Gasteiger partial charge in [-0.25, -0.2) is 13.1 Å². The van der Waals surface area contributed by atoms with E-state index in [1.165, 1.54) is 0 Å². The Balaban J connectivity index is 2.05. The number of hydrogen-bond acceptors (Lipinski definition) is 6. The van der Waals surface area contributed by atoms with Crippen molar-refractivity contribution in [2.24, 2.45) is 0 Å². The minimum Gasteiger partial charge on any atom is -0.369 e. The number of anilines is 1. The van der Waals surface area contributed by atoms with Gasteiger partial charge in [-0.2, -0.15) is 4.52 Å². The number of unbranched alkanes of at least 4 members (excludes halogenated alkanes) is 1. The lowest BCUT2D eigenvalue weighted by molar-refractivity contribution is 0.581. The van der Waals surface area contributed by atoms with E-state index in [9.17, 15) is 8.42 Å². The molecule has 0 amide bonds. The fourth-order valence-electron chi connectivity index (χ4n) is 1.90. The second-order valence-electron chi connectivity index (χ2n) is 4.93. The smallest absolute Gasteiger partial charge is 0.211 e. The molecule has 8 nitrogen and oxygen atoms in total. The third-order valence-corrected chi connectivity index (χ3v) is 4.62. The first-order valence-corrected chi connectivity index (χ1v) is 9.13. The van der Waals surface area contributed by atoms with Crippen molar-refractivity contribution in [3.63, 3.8) is 0 Å². The zero-order valence-corrected chi connectivity index (χ0v) is 13.7. The molecule has 0 atom stereocenters. The zero-order chi connectivity index (χ0) is 16.0. The summed E-state index contributed by atoms with van der Waals surface area (Å²) in [6.07, 6.45) is 2.63. The molecule has 2 aromatic rings. The first-order valence-electron chi connectivity index (χ1n) is 7.48. The van der Waals surface area contributed by atoms with Crippen molar-refractivity contribution < 1.29 is 8.42 Å². The van der Waals surface area contributed by atoms with Crippen LogP contribution in [0.1, 0.15) is 32.5 Å². The van der Waals surface area contributed by atoms with Gasteiger partial charge < -0.3 is 5.32 Å². The van der Waals surface area contributed by atoms with E-state index in [4.69, 9.17) is 0 Å². The predicted molar refractivity (Wildman–Crippen MR) is 85.3 cm³/mol. The van der Waals surface area contributed by atoms with Crippen LogP contribution in [0, 0.1) is 0 Å². The number of fused-ring (bicyclic) bond motifs is 1. The summed E-state index contributed by atoms with van der Waals surface area (Å²) in [5.41, 5.74) is 0.648. The lowest BCUT2D eigenvalue weighted by atomic mass is 10.3. The van der Waals surface area contributed by atoms with Crippen molar-refractivity contribution >= 4 is 21.5 Å². The van der Waals surface area contributed by atoms with Crippen LogP contribution in [-0.2, 0) is 16.4 Å². The van der Waals surface area contributed by atoms with Gasteiger partial charge in [-0.15, -0.1) is 15.3 Å². The highest BCUT2D eigenvalue weighted by atomic mass is 32.2. The topological polar surface area (TPSA) is 101 Å². The molecule has 2 rings (SSSR count). The van der Waals surface area contributed by atoms with Gasteiger partial charge in [0.1, 0.15) is 5.82 Å². The molecule has 0 fully saturated rings. The Morgan fingerprint density at radius 2 is 2.00 bits per heavy atom. The standard InChI is InChI=1S/C13H22N6O2S/c1-3-5-9-14-11-6-7-12-16-17-13(19(12)18-11)8-10-15-22(20,21)4-2/h6-7,15H,3-5,8-10H2,1-2H3,(H,14,18). The minimum absolute atomic E-state index is 0.0668. The van der Waals surface area contributed by atoms with E-state index in [2.05, 4.69) is 32.3 Å². The fraction of sp³-hybridized carbons (Fsp3) is 0.615. The highest BCUT2D eigenvalue weighted by Crippen LogP contribution is 2.08. The lowest BCUT2D eigenvalue weighted by Gasteiger charge is -2.06. The van der Waals surface area contributed by atoms with Gasteiger partial charge in [0.05, 0.1) is 5.75 Å². The van der Waals surface area contributed by atoms with Gasteiger partial charge in [0.2, 0.25) is 10.0 Å². The van der Waals surface area contributed by atoms with E-state index in [1.54, 1.807) is 11.4 Å². The lowest BCUT2D eigenvalue weighted by Crippen LogP contribution is -2.27. The molecule has 9 heteroatoms. The molecule has 0 saturated heterocycles. The number of sulfonamides is 1. The van der Waals surface area contributed by atoms with Gasteiger partial charge in [0, 0.05) is 19.5 Å². The van der Waals surface area contributed by atoms with E-state index < -0.39 is 10.0 Å². The average Bonchev–Trinajstić information content (AvgIpc) is 2.90. The van der Waals surface area contributed by atoms with Crippen molar-refractivity contribution in [3.05, 3.63) is 18.0 Å². The van der Waals surface area contributed by atoms with Crippen molar-refractivity contribution in [3.8, 4) is 0 Å². The molecule has 122 valence electrons. The summed E-state index contributed by atoms with van der Waals surface area (Å²) in [4.78, 5) is 0. The SMILES string of the molecule is CCCCNc1ccc2nnc(CCNS(=O)(=O)CC)n2n1. The molecule has 2 aromatic heterocycles. The van der Waals surface area contributed by atoms with Crippen LogP contribution in [0.3, 0.4) is 0 Å². The predicted octanol–water partition coefficient (Wildman–Crippen LogP) is 0.818. The van der Waals surface area contributed by atoms with E-state index in [0.717, 1.165) is 25.2 Å².